The molecule has 23 heavy (non-hydrogen) atoms. The van der Waals surface area contributed by atoms with Crippen LogP contribution >= 0.6 is 0 Å². The zero-order valence-electron chi connectivity index (χ0n) is 13.8. The molecular formula is C17H22N4O2. The molecule has 1 aromatic carbocycles. The van der Waals surface area contributed by atoms with E-state index in [0.29, 0.717) is 13.2 Å². The Labute approximate surface area is 136 Å². The number of carbonyl (C=O) groups is 1. The Morgan fingerprint density at radius 3 is 2.57 bits per heavy atom. The van der Waals surface area contributed by atoms with E-state index in [-0.39, 0.29) is 11.6 Å². The molecule has 2 rings (SSSR count). The van der Waals surface area contributed by atoms with Crippen LogP contribution in [0.4, 0.5) is 5.69 Å². The molecule has 0 aromatic heterocycles. The summed E-state index contributed by atoms with van der Waals surface area (Å²) in [5.74, 6) is -0.372. The summed E-state index contributed by atoms with van der Waals surface area (Å²) in [6.07, 6.45) is 1.17. The van der Waals surface area contributed by atoms with Crippen molar-refractivity contribution in [1.29, 1.82) is 5.26 Å². The normalized spacial score (nSPS) is 17.9. The summed E-state index contributed by atoms with van der Waals surface area (Å²) in [4.78, 5) is 14.0. The van der Waals surface area contributed by atoms with Gasteiger partial charge in [-0.2, -0.15) is 10.4 Å². The van der Waals surface area contributed by atoms with E-state index in [4.69, 9.17) is 4.74 Å². The van der Waals surface area contributed by atoms with Gasteiger partial charge in [0.15, 0.2) is 0 Å². The third kappa shape index (κ3) is 3.69. The van der Waals surface area contributed by atoms with Gasteiger partial charge in [-0.05, 0) is 32.4 Å². The van der Waals surface area contributed by atoms with E-state index in [1.807, 2.05) is 44.2 Å². The smallest absolute Gasteiger partial charge is 0.288 e. The number of benzene rings is 1. The molecule has 1 aromatic rings. The summed E-state index contributed by atoms with van der Waals surface area (Å²) in [7, 11) is 0. The van der Waals surface area contributed by atoms with Gasteiger partial charge in [-0.25, -0.2) is 5.01 Å². The topological polar surface area (TPSA) is 68.9 Å². The summed E-state index contributed by atoms with van der Waals surface area (Å²) in [5.41, 5.74) is 1.80. The number of hydrogen-bond acceptors (Lipinski definition) is 5. The van der Waals surface area contributed by atoms with Crippen LogP contribution in [-0.2, 0) is 9.53 Å². The summed E-state index contributed by atoms with van der Waals surface area (Å²) < 4.78 is 5.77. The van der Waals surface area contributed by atoms with Gasteiger partial charge in [-0.15, -0.1) is 0 Å². The minimum atomic E-state index is -0.626. The van der Waals surface area contributed by atoms with E-state index in [1.54, 1.807) is 9.91 Å². The molecule has 1 amide bonds. The molecule has 1 heterocycles. The predicted molar refractivity (Wildman–Crippen MR) is 88.7 cm³/mol. The van der Waals surface area contributed by atoms with Crippen molar-refractivity contribution in [2.45, 2.75) is 40.0 Å². The van der Waals surface area contributed by atoms with Crippen LogP contribution < -0.4 is 5.01 Å². The molecule has 0 aliphatic carbocycles. The molecule has 0 bridgehead atoms. The van der Waals surface area contributed by atoms with Crippen molar-refractivity contribution in [2.24, 2.45) is 5.10 Å². The number of ether oxygens (including phenoxy) is 1. The Hall–Kier alpha value is -2.39. The van der Waals surface area contributed by atoms with Crippen molar-refractivity contribution >= 4 is 17.3 Å². The van der Waals surface area contributed by atoms with Gasteiger partial charge in [0.1, 0.15) is 6.07 Å². The van der Waals surface area contributed by atoms with Gasteiger partial charge < -0.3 is 4.74 Å². The zero-order chi connectivity index (χ0) is 16.8. The number of hydrazone groups is 1. The number of rotatable bonds is 6. The van der Waals surface area contributed by atoms with Gasteiger partial charge in [-0.1, -0.05) is 31.0 Å². The molecule has 0 radical (unpaired) electrons. The van der Waals surface area contributed by atoms with E-state index in [9.17, 15) is 10.1 Å². The Kier molecular flexibility index (Phi) is 5.72. The second-order valence-corrected chi connectivity index (χ2v) is 5.37. The van der Waals surface area contributed by atoms with Crippen LogP contribution in [0.15, 0.2) is 29.4 Å². The molecular weight excluding hydrogens is 292 g/mol. The summed E-state index contributed by atoms with van der Waals surface area (Å²) >= 11 is 0. The minimum absolute atomic E-state index is 0.113. The van der Waals surface area contributed by atoms with E-state index in [0.717, 1.165) is 24.1 Å². The van der Waals surface area contributed by atoms with E-state index < -0.39 is 6.35 Å². The lowest BCUT2D eigenvalue weighted by atomic mass is 10.2. The van der Waals surface area contributed by atoms with E-state index in [1.165, 1.54) is 0 Å². The van der Waals surface area contributed by atoms with Crippen LogP contribution in [0.3, 0.4) is 0 Å². The Morgan fingerprint density at radius 1 is 1.30 bits per heavy atom. The van der Waals surface area contributed by atoms with Crippen molar-refractivity contribution < 1.29 is 9.53 Å². The average Bonchev–Trinajstić information content (AvgIpc) is 2.56. The summed E-state index contributed by atoms with van der Waals surface area (Å²) in [6, 6.07) is 9.65. The van der Waals surface area contributed by atoms with Crippen molar-refractivity contribution in [3.8, 4) is 6.07 Å². The molecule has 1 aliphatic rings. The maximum absolute atomic E-state index is 12.4. The second-order valence-electron chi connectivity index (χ2n) is 5.37. The van der Waals surface area contributed by atoms with E-state index in [2.05, 4.69) is 12.0 Å². The van der Waals surface area contributed by atoms with Gasteiger partial charge in [-0.3, -0.25) is 9.69 Å². The number of nitrogens with zero attached hydrogens (tertiary/aromatic N) is 4. The lowest BCUT2D eigenvalue weighted by Crippen LogP contribution is -2.57. The van der Waals surface area contributed by atoms with Crippen LogP contribution in [0.2, 0.25) is 0 Å². The van der Waals surface area contributed by atoms with Gasteiger partial charge in [0, 0.05) is 13.2 Å². The van der Waals surface area contributed by atoms with Crippen molar-refractivity contribution in [2.75, 3.05) is 18.2 Å². The van der Waals surface area contributed by atoms with Gasteiger partial charge >= 0.3 is 0 Å². The Balaban J connectivity index is 2.43. The predicted octanol–water partition coefficient (Wildman–Crippen LogP) is 2.64. The highest BCUT2D eigenvalue weighted by Gasteiger charge is 2.37. The second kappa shape index (κ2) is 7.75. The number of aryl methyl sites for hydroxylation is 1. The molecule has 0 spiro atoms. The molecule has 0 saturated carbocycles. The first-order chi connectivity index (χ1) is 11.1. The SMILES string of the molecule is CCCCN1C(=O)C(C#N)=NN(c2ccc(C)cc2)[C@@H]1OCC. The average molecular weight is 314 g/mol. The fourth-order valence-corrected chi connectivity index (χ4v) is 2.37. The monoisotopic (exact) mass is 314 g/mol. The molecule has 1 atom stereocenters. The fourth-order valence-electron chi connectivity index (χ4n) is 2.37. The third-order valence-electron chi connectivity index (χ3n) is 3.62. The number of anilines is 1. The largest absolute Gasteiger partial charge is 0.339 e. The molecule has 0 N–H and O–H groups in total. The van der Waals surface area contributed by atoms with Crippen LogP contribution in [0.1, 0.15) is 32.3 Å². The van der Waals surface area contributed by atoms with Gasteiger partial charge in [0.05, 0.1) is 5.69 Å². The first-order valence-corrected chi connectivity index (χ1v) is 7.89. The van der Waals surface area contributed by atoms with Crippen LogP contribution in [-0.4, -0.2) is 36.0 Å². The standard InChI is InChI=1S/C17H22N4O2/c1-4-6-11-20-16(22)15(12-18)19-21(17(20)23-5-2)14-9-7-13(3)8-10-14/h7-10,17H,4-6,11H2,1-3H3/t17-/m1/s1. The van der Waals surface area contributed by atoms with Gasteiger partial charge in [0.25, 0.3) is 5.91 Å². The van der Waals surface area contributed by atoms with Crippen LogP contribution in [0, 0.1) is 18.3 Å². The van der Waals surface area contributed by atoms with Crippen LogP contribution in [0.5, 0.6) is 0 Å². The molecule has 1 aliphatic heterocycles. The van der Waals surface area contributed by atoms with Crippen LogP contribution in [0.25, 0.3) is 0 Å². The highest BCUT2D eigenvalue weighted by molar-refractivity contribution is 6.45. The van der Waals surface area contributed by atoms with Gasteiger partial charge in [0.2, 0.25) is 12.1 Å². The van der Waals surface area contributed by atoms with Crippen molar-refractivity contribution in [3.63, 3.8) is 0 Å². The number of amides is 1. The lowest BCUT2D eigenvalue weighted by Gasteiger charge is -2.40. The third-order valence-corrected chi connectivity index (χ3v) is 3.62. The van der Waals surface area contributed by atoms with E-state index >= 15 is 0 Å². The number of carbonyl (C=O) groups excluding carboxylic acids is 1. The minimum Gasteiger partial charge on any atom is -0.339 e. The number of hydrogen-bond donors (Lipinski definition) is 0. The fraction of sp³-hybridized carbons (Fsp3) is 0.471. The first kappa shape index (κ1) is 17.0. The summed E-state index contributed by atoms with van der Waals surface area (Å²) in [5, 5.41) is 15.1. The molecule has 6 nitrogen and oxygen atoms in total. The number of nitriles is 1. The lowest BCUT2D eigenvalue weighted by molar-refractivity contribution is -0.140. The van der Waals surface area contributed by atoms with Crippen molar-refractivity contribution in [3.05, 3.63) is 29.8 Å². The number of unbranched alkanes of at least 4 members (excludes halogenated alkanes) is 1. The summed E-state index contributed by atoms with van der Waals surface area (Å²) in [6.45, 7) is 6.91. The highest BCUT2D eigenvalue weighted by atomic mass is 16.5. The van der Waals surface area contributed by atoms with Crippen molar-refractivity contribution in [1.82, 2.24) is 4.90 Å². The maximum Gasteiger partial charge on any atom is 0.288 e. The first-order valence-electron chi connectivity index (χ1n) is 7.89. The molecule has 0 fully saturated rings. The molecule has 0 unspecified atom stereocenters. The molecule has 122 valence electrons. The Morgan fingerprint density at radius 2 is 2.00 bits per heavy atom. The zero-order valence-corrected chi connectivity index (χ0v) is 13.8. The molecule has 6 heteroatoms. The maximum atomic E-state index is 12.4. The molecule has 0 saturated heterocycles. The Bertz CT molecular complexity index is 618. The highest BCUT2D eigenvalue weighted by Crippen LogP contribution is 2.25. The quantitative estimate of drug-likeness (QED) is 0.809.